The van der Waals surface area contributed by atoms with Crippen molar-refractivity contribution in [3.05, 3.63) is 51.2 Å². The van der Waals surface area contributed by atoms with E-state index in [0.717, 1.165) is 16.3 Å². The Hall–Kier alpha value is -1.55. The van der Waals surface area contributed by atoms with Gasteiger partial charge >= 0.3 is 0 Å². The number of carbonyl (C=O) groups is 1. The van der Waals surface area contributed by atoms with Gasteiger partial charge in [-0.1, -0.05) is 12.1 Å². The minimum Gasteiger partial charge on any atom is -0.293 e. The zero-order chi connectivity index (χ0) is 12.4. The molecule has 1 heterocycles. The number of aromatic nitrogens is 1. The minimum absolute atomic E-state index is 0.0414. The molecule has 0 spiro atoms. The van der Waals surface area contributed by atoms with E-state index in [2.05, 4.69) is 4.98 Å². The third-order valence-electron chi connectivity index (χ3n) is 2.43. The number of nitrogens with zero attached hydrogens (tertiary/aromatic N) is 1. The summed E-state index contributed by atoms with van der Waals surface area (Å²) < 4.78 is 12.7. The molecule has 88 valence electrons. The van der Waals surface area contributed by atoms with E-state index in [-0.39, 0.29) is 11.6 Å². The standard InChI is InChI=1S/C13H12FNOS/c1-8-13(17-9(2)15-8)12(16)7-10-3-5-11(14)6-4-10/h3-6H,7H2,1-2H3. The largest absolute Gasteiger partial charge is 0.293 e. The average molecular weight is 249 g/mol. The van der Waals surface area contributed by atoms with Crippen molar-refractivity contribution >= 4 is 17.1 Å². The van der Waals surface area contributed by atoms with Crippen molar-refractivity contribution in [2.24, 2.45) is 0 Å². The monoisotopic (exact) mass is 249 g/mol. The predicted octanol–water partition coefficient (Wildman–Crippen LogP) is 3.32. The molecule has 2 rings (SSSR count). The highest BCUT2D eigenvalue weighted by molar-refractivity contribution is 7.13. The number of hydrogen-bond acceptors (Lipinski definition) is 3. The lowest BCUT2D eigenvalue weighted by atomic mass is 10.1. The average Bonchev–Trinajstić information content (AvgIpc) is 2.61. The molecule has 4 heteroatoms. The third kappa shape index (κ3) is 2.77. The van der Waals surface area contributed by atoms with Crippen LogP contribution in [0.25, 0.3) is 0 Å². The molecule has 0 aliphatic rings. The molecule has 17 heavy (non-hydrogen) atoms. The van der Waals surface area contributed by atoms with Crippen molar-refractivity contribution in [2.75, 3.05) is 0 Å². The SMILES string of the molecule is Cc1nc(C)c(C(=O)Cc2ccc(F)cc2)s1. The Morgan fingerprint density at radius 2 is 1.94 bits per heavy atom. The minimum atomic E-state index is -0.286. The molecule has 1 aromatic carbocycles. The first-order chi connectivity index (χ1) is 8.06. The molecule has 0 saturated carbocycles. The van der Waals surface area contributed by atoms with Crippen LogP contribution in [0, 0.1) is 19.7 Å². The smallest absolute Gasteiger partial charge is 0.179 e. The maximum Gasteiger partial charge on any atom is 0.179 e. The van der Waals surface area contributed by atoms with E-state index >= 15 is 0 Å². The van der Waals surface area contributed by atoms with Gasteiger partial charge in [0, 0.05) is 6.42 Å². The number of halogens is 1. The summed E-state index contributed by atoms with van der Waals surface area (Å²) in [7, 11) is 0. The molecule has 0 fully saturated rings. The van der Waals surface area contributed by atoms with Crippen LogP contribution in [-0.2, 0) is 6.42 Å². The molecule has 0 saturated heterocycles. The van der Waals surface area contributed by atoms with Crippen molar-refractivity contribution in [3.63, 3.8) is 0 Å². The van der Waals surface area contributed by atoms with Gasteiger partial charge in [0.2, 0.25) is 0 Å². The summed E-state index contributed by atoms with van der Waals surface area (Å²) in [6.07, 6.45) is 0.294. The van der Waals surface area contributed by atoms with Gasteiger partial charge in [-0.2, -0.15) is 0 Å². The van der Waals surface area contributed by atoms with Crippen LogP contribution in [0.2, 0.25) is 0 Å². The molecule has 0 unspecified atom stereocenters. The Labute approximate surface area is 103 Å². The molecule has 0 bridgehead atoms. The molecule has 0 N–H and O–H groups in total. The topological polar surface area (TPSA) is 30.0 Å². The van der Waals surface area contributed by atoms with E-state index in [1.807, 2.05) is 13.8 Å². The lowest BCUT2D eigenvalue weighted by molar-refractivity contribution is 0.0996. The molecule has 2 nitrogen and oxygen atoms in total. The van der Waals surface area contributed by atoms with Crippen LogP contribution in [0.3, 0.4) is 0 Å². The van der Waals surface area contributed by atoms with Crippen molar-refractivity contribution in [1.29, 1.82) is 0 Å². The summed E-state index contributed by atoms with van der Waals surface area (Å²) >= 11 is 1.41. The van der Waals surface area contributed by atoms with Gasteiger partial charge in [0.1, 0.15) is 5.82 Å². The first kappa shape index (κ1) is 11.9. The number of ketones is 1. The summed E-state index contributed by atoms with van der Waals surface area (Å²) in [4.78, 5) is 16.9. The van der Waals surface area contributed by atoms with E-state index < -0.39 is 0 Å². The first-order valence-electron chi connectivity index (χ1n) is 5.28. The Morgan fingerprint density at radius 1 is 1.29 bits per heavy atom. The second-order valence-corrected chi connectivity index (χ2v) is 5.08. The molecular weight excluding hydrogens is 237 g/mol. The van der Waals surface area contributed by atoms with Crippen molar-refractivity contribution in [2.45, 2.75) is 20.3 Å². The zero-order valence-electron chi connectivity index (χ0n) is 9.66. The van der Waals surface area contributed by atoms with Gasteiger partial charge in [-0.3, -0.25) is 4.79 Å². The van der Waals surface area contributed by atoms with E-state index in [9.17, 15) is 9.18 Å². The fourth-order valence-corrected chi connectivity index (χ4v) is 2.52. The number of rotatable bonds is 3. The van der Waals surface area contributed by atoms with E-state index in [0.29, 0.717) is 11.3 Å². The molecular formula is C13H12FNOS. The summed E-state index contributed by atoms with van der Waals surface area (Å²) in [5, 5.41) is 0.893. The number of Topliss-reactive ketones (excluding diaryl/α,β-unsaturated/α-hetero) is 1. The second-order valence-electron chi connectivity index (χ2n) is 3.87. The van der Waals surface area contributed by atoms with Crippen molar-refractivity contribution < 1.29 is 9.18 Å². The molecule has 2 aromatic rings. The van der Waals surface area contributed by atoms with Gasteiger partial charge in [-0.05, 0) is 31.5 Å². The summed E-state index contributed by atoms with van der Waals surface area (Å²) in [5.74, 6) is -0.245. The van der Waals surface area contributed by atoms with Crippen molar-refractivity contribution in [3.8, 4) is 0 Å². The Morgan fingerprint density at radius 3 is 2.47 bits per heavy atom. The third-order valence-corrected chi connectivity index (χ3v) is 3.55. The van der Waals surface area contributed by atoms with Gasteiger partial charge in [-0.25, -0.2) is 9.37 Å². The molecule has 0 aliphatic carbocycles. The lowest BCUT2D eigenvalue weighted by Crippen LogP contribution is -2.03. The Balaban J connectivity index is 2.17. The summed E-state index contributed by atoms with van der Waals surface area (Å²) in [5.41, 5.74) is 1.60. The number of carbonyl (C=O) groups excluding carboxylic acids is 1. The Kier molecular flexibility index (Phi) is 3.33. The highest BCUT2D eigenvalue weighted by Crippen LogP contribution is 2.19. The molecule has 0 atom stereocenters. The van der Waals surface area contributed by atoms with Crippen LogP contribution in [0.15, 0.2) is 24.3 Å². The second kappa shape index (κ2) is 4.75. The van der Waals surface area contributed by atoms with Crippen molar-refractivity contribution in [1.82, 2.24) is 4.98 Å². The summed E-state index contributed by atoms with van der Waals surface area (Å²) in [6, 6.07) is 6.01. The van der Waals surface area contributed by atoms with Crippen LogP contribution >= 0.6 is 11.3 Å². The first-order valence-corrected chi connectivity index (χ1v) is 6.09. The van der Waals surface area contributed by atoms with E-state index in [1.165, 1.54) is 23.5 Å². The molecule has 0 radical (unpaired) electrons. The van der Waals surface area contributed by atoms with E-state index in [1.54, 1.807) is 12.1 Å². The van der Waals surface area contributed by atoms with Gasteiger partial charge in [0.25, 0.3) is 0 Å². The van der Waals surface area contributed by atoms with Gasteiger partial charge < -0.3 is 0 Å². The van der Waals surface area contributed by atoms with E-state index in [4.69, 9.17) is 0 Å². The number of thiazole rings is 1. The lowest BCUT2D eigenvalue weighted by Gasteiger charge is -1.99. The Bertz CT molecular complexity index is 545. The van der Waals surface area contributed by atoms with Crippen LogP contribution in [-0.4, -0.2) is 10.8 Å². The normalized spacial score (nSPS) is 10.5. The fourth-order valence-electron chi connectivity index (χ4n) is 1.66. The number of hydrogen-bond donors (Lipinski definition) is 0. The maximum absolute atomic E-state index is 12.7. The molecule has 0 aliphatic heterocycles. The van der Waals surface area contributed by atoms with Crippen LogP contribution in [0.5, 0.6) is 0 Å². The maximum atomic E-state index is 12.7. The number of aryl methyl sites for hydroxylation is 2. The zero-order valence-corrected chi connectivity index (χ0v) is 10.5. The van der Waals surface area contributed by atoms with Gasteiger partial charge in [0.05, 0.1) is 15.6 Å². The van der Waals surface area contributed by atoms with Crippen LogP contribution in [0.4, 0.5) is 4.39 Å². The summed E-state index contributed by atoms with van der Waals surface area (Å²) in [6.45, 7) is 3.72. The quantitative estimate of drug-likeness (QED) is 0.781. The fraction of sp³-hybridized carbons (Fsp3) is 0.231. The van der Waals surface area contributed by atoms with Crippen LogP contribution < -0.4 is 0 Å². The number of benzene rings is 1. The highest BCUT2D eigenvalue weighted by Gasteiger charge is 2.14. The van der Waals surface area contributed by atoms with Gasteiger partial charge in [0.15, 0.2) is 5.78 Å². The van der Waals surface area contributed by atoms with Gasteiger partial charge in [-0.15, -0.1) is 11.3 Å². The highest BCUT2D eigenvalue weighted by atomic mass is 32.1. The molecule has 1 aromatic heterocycles. The predicted molar refractivity (Wildman–Crippen MR) is 66.0 cm³/mol. The molecule has 0 amide bonds. The van der Waals surface area contributed by atoms with Crippen LogP contribution in [0.1, 0.15) is 25.9 Å².